The summed E-state index contributed by atoms with van der Waals surface area (Å²) in [6.07, 6.45) is 6.10. The Hall–Kier alpha value is -3.46. The predicted octanol–water partition coefficient (Wildman–Crippen LogP) is 7.14. The number of nitrogens with one attached hydrogen (secondary N) is 1. The van der Waals surface area contributed by atoms with Crippen LogP contribution in [-0.4, -0.2) is 25.8 Å². The third kappa shape index (κ3) is 5.76. The normalized spacial score (nSPS) is 19.9. The van der Waals surface area contributed by atoms with Crippen LogP contribution in [0.15, 0.2) is 107 Å². The van der Waals surface area contributed by atoms with Crippen molar-refractivity contribution in [2.24, 2.45) is 11.8 Å². The Morgan fingerprint density at radius 3 is 2.60 bits per heavy atom. The Labute approximate surface area is 250 Å². The minimum Gasteiger partial charge on any atom is -0.301 e. The molecule has 1 heterocycles. The first-order valence-corrected chi connectivity index (χ1v) is 16.1. The molecule has 0 radical (unpaired) electrons. The SMILES string of the molecule is C[C@H]1C2=CNN(c3ccc(F)cc3)C2=CC2=C1[C@@H](CN(CCc1ccccc1F)S(=O)(=O)Cc1cccc(Cl)c1)CC2. The summed E-state index contributed by atoms with van der Waals surface area (Å²) in [5, 5.41) is 2.44. The highest BCUT2D eigenvalue weighted by Crippen LogP contribution is 2.48. The zero-order chi connectivity index (χ0) is 29.4. The molecule has 3 aromatic carbocycles. The molecule has 3 aliphatic rings. The monoisotopic (exact) mass is 607 g/mol. The number of fused-ring (bicyclic) bond motifs is 1. The summed E-state index contributed by atoms with van der Waals surface area (Å²) in [5.41, 5.74) is 9.87. The molecule has 0 saturated heterocycles. The van der Waals surface area contributed by atoms with Crippen LogP contribution in [0, 0.1) is 23.5 Å². The van der Waals surface area contributed by atoms with Crippen LogP contribution < -0.4 is 10.4 Å². The van der Waals surface area contributed by atoms with Gasteiger partial charge in [0.2, 0.25) is 10.0 Å². The molecule has 2 aliphatic carbocycles. The van der Waals surface area contributed by atoms with E-state index < -0.39 is 10.0 Å². The number of hydrogen-bond acceptors (Lipinski definition) is 4. The molecule has 0 saturated carbocycles. The molecule has 6 rings (SSSR count). The van der Waals surface area contributed by atoms with Gasteiger partial charge >= 0.3 is 0 Å². The molecule has 1 aliphatic heterocycles. The van der Waals surface area contributed by atoms with Crippen molar-refractivity contribution in [1.82, 2.24) is 9.73 Å². The van der Waals surface area contributed by atoms with E-state index in [0.717, 1.165) is 29.8 Å². The Bertz CT molecular complexity index is 1700. The zero-order valence-electron chi connectivity index (χ0n) is 23.2. The second kappa shape index (κ2) is 11.7. The Kier molecular flexibility index (Phi) is 7.96. The topological polar surface area (TPSA) is 52.6 Å². The van der Waals surface area contributed by atoms with E-state index in [1.54, 1.807) is 58.9 Å². The van der Waals surface area contributed by atoms with Crippen LogP contribution >= 0.6 is 11.6 Å². The largest absolute Gasteiger partial charge is 0.301 e. The zero-order valence-corrected chi connectivity index (χ0v) is 24.8. The second-order valence-corrected chi connectivity index (χ2v) is 13.5. The van der Waals surface area contributed by atoms with Crippen LogP contribution in [0.1, 0.15) is 30.9 Å². The molecule has 0 amide bonds. The van der Waals surface area contributed by atoms with Crippen LogP contribution in [-0.2, 0) is 22.2 Å². The number of sulfonamides is 1. The van der Waals surface area contributed by atoms with Crippen molar-refractivity contribution in [3.05, 3.63) is 135 Å². The molecule has 0 aromatic heterocycles. The lowest BCUT2D eigenvalue weighted by Crippen LogP contribution is -2.38. The molecular formula is C33H32ClF2N3O2S. The summed E-state index contributed by atoms with van der Waals surface area (Å²) >= 11 is 6.15. The Morgan fingerprint density at radius 1 is 1.05 bits per heavy atom. The number of hydrazine groups is 1. The molecule has 0 unspecified atom stereocenters. The van der Waals surface area contributed by atoms with Crippen molar-refractivity contribution >= 4 is 27.3 Å². The van der Waals surface area contributed by atoms with Gasteiger partial charge in [-0.2, -0.15) is 0 Å². The van der Waals surface area contributed by atoms with Crippen LogP contribution in [0.25, 0.3) is 0 Å². The lowest BCUT2D eigenvalue weighted by Gasteiger charge is -2.32. The highest BCUT2D eigenvalue weighted by atomic mass is 35.5. The van der Waals surface area contributed by atoms with Crippen LogP contribution in [0.5, 0.6) is 0 Å². The number of allylic oxidation sites excluding steroid dienone is 3. The Balaban J connectivity index is 1.28. The van der Waals surface area contributed by atoms with Crippen LogP contribution in [0.3, 0.4) is 0 Å². The van der Waals surface area contributed by atoms with E-state index in [1.807, 2.05) is 11.2 Å². The lowest BCUT2D eigenvalue weighted by molar-refractivity contribution is 0.356. The van der Waals surface area contributed by atoms with Crippen LogP contribution in [0.4, 0.5) is 14.5 Å². The first kappa shape index (κ1) is 28.6. The molecule has 0 bridgehead atoms. The van der Waals surface area contributed by atoms with Gasteiger partial charge in [0.1, 0.15) is 11.6 Å². The highest BCUT2D eigenvalue weighted by molar-refractivity contribution is 7.88. The first-order valence-electron chi connectivity index (χ1n) is 14.1. The number of benzene rings is 3. The molecule has 0 fully saturated rings. The number of anilines is 1. The third-order valence-corrected chi connectivity index (χ3v) is 10.5. The standard InChI is InChI=1S/C33H32ClF2N3O2S/c1-22-30-19-37-39(29-13-11-28(35)12-14-29)32(30)18-25-9-10-26(33(22)25)20-38(16-15-24-6-2-3-8-31(24)36)42(40,41)21-23-5-4-7-27(34)17-23/h2-8,11-14,17-19,22,26,37H,9-10,15-16,20-21H2,1H3/t22-,26+/m0/s1. The Morgan fingerprint density at radius 2 is 1.83 bits per heavy atom. The summed E-state index contributed by atoms with van der Waals surface area (Å²) < 4.78 is 57.3. The minimum atomic E-state index is -3.74. The maximum Gasteiger partial charge on any atom is 0.218 e. The van der Waals surface area contributed by atoms with Gasteiger partial charge in [0, 0.05) is 35.8 Å². The molecule has 5 nitrogen and oxygen atoms in total. The van der Waals surface area contributed by atoms with Crippen molar-refractivity contribution in [3.63, 3.8) is 0 Å². The summed E-state index contributed by atoms with van der Waals surface area (Å²) in [7, 11) is -3.74. The maximum absolute atomic E-state index is 14.5. The van der Waals surface area contributed by atoms with Crippen molar-refractivity contribution in [1.29, 1.82) is 0 Å². The fourth-order valence-electron chi connectivity index (χ4n) is 6.37. The summed E-state index contributed by atoms with van der Waals surface area (Å²) in [4.78, 5) is 0. The van der Waals surface area contributed by atoms with Crippen molar-refractivity contribution in [2.45, 2.75) is 31.9 Å². The van der Waals surface area contributed by atoms with Gasteiger partial charge in [0.25, 0.3) is 0 Å². The fraction of sp³-hybridized carbons (Fsp3) is 0.273. The van der Waals surface area contributed by atoms with Gasteiger partial charge in [-0.1, -0.05) is 54.4 Å². The average Bonchev–Trinajstić information content (AvgIpc) is 3.57. The number of rotatable bonds is 9. The average molecular weight is 608 g/mol. The van der Waals surface area contributed by atoms with Gasteiger partial charge in [-0.3, -0.25) is 5.01 Å². The number of nitrogens with zero attached hydrogens (tertiary/aromatic N) is 2. The molecule has 9 heteroatoms. The van der Waals surface area contributed by atoms with Gasteiger partial charge in [-0.25, -0.2) is 21.5 Å². The van der Waals surface area contributed by atoms with Gasteiger partial charge in [-0.15, -0.1) is 0 Å². The van der Waals surface area contributed by atoms with Crippen molar-refractivity contribution in [3.8, 4) is 0 Å². The minimum absolute atomic E-state index is 0.0309. The predicted molar refractivity (Wildman–Crippen MR) is 163 cm³/mol. The first-order chi connectivity index (χ1) is 20.2. The highest BCUT2D eigenvalue weighted by Gasteiger charge is 2.39. The lowest BCUT2D eigenvalue weighted by atomic mass is 9.80. The maximum atomic E-state index is 14.5. The summed E-state index contributed by atoms with van der Waals surface area (Å²) in [5.74, 6) is -0.686. The molecular weight excluding hydrogens is 576 g/mol. The van der Waals surface area contributed by atoms with E-state index in [4.69, 9.17) is 11.6 Å². The molecule has 218 valence electrons. The van der Waals surface area contributed by atoms with Gasteiger partial charge in [0.05, 0.1) is 17.1 Å². The van der Waals surface area contributed by atoms with E-state index in [1.165, 1.54) is 29.3 Å². The van der Waals surface area contributed by atoms with E-state index in [0.29, 0.717) is 22.7 Å². The van der Waals surface area contributed by atoms with Crippen LogP contribution in [0.2, 0.25) is 5.02 Å². The molecule has 3 aromatic rings. The van der Waals surface area contributed by atoms with E-state index in [9.17, 15) is 17.2 Å². The molecule has 0 spiro atoms. The second-order valence-electron chi connectivity index (χ2n) is 11.1. The van der Waals surface area contributed by atoms with Gasteiger partial charge < -0.3 is 5.43 Å². The quantitative estimate of drug-likeness (QED) is 0.281. The van der Waals surface area contributed by atoms with Crippen molar-refractivity contribution in [2.75, 3.05) is 18.1 Å². The van der Waals surface area contributed by atoms with Crippen molar-refractivity contribution < 1.29 is 17.2 Å². The summed E-state index contributed by atoms with van der Waals surface area (Å²) in [6.45, 7) is 2.67. The van der Waals surface area contributed by atoms with E-state index in [2.05, 4.69) is 18.4 Å². The van der Waals surface area contributed by atoms with E-state index in [-0.39, 0.29) is 42.2 Å². The fourth-order valence-corrected chi connectivity index (χ4v) is 8.14. The molecule has 2 atom stereocenters. The molecule has 42 heavy (non-hydrogen) atoms. The van der Waals surface area contributed by atoms with Gasteiger partial charge in [0.15, 0.2) is 0 Å². The summed E-state index contributed by atoms with van der Waals surface area (Å²) in [6, 6.07) is 19.8. The van der Waals surface area contributed by atoms with E-state index >= 15 is 0 Å². The molecule has 1 N–H and O–H groups in total. The third-order valence-electron chi connectivity index (χ3n) is 8.43. The number of halogens is 3. The smallest absolute Gasteiger partial charge is 0.218 e. The number of hydrogen-bond donors (Lipinski definition) is 1. The van der Waals surface area contributed by atoms with Gasteiger partial charge in [-0.05, 0) is 90.4 Å².